The quantitative estimate of drug-likeness (QED) is 0.888. The van der Waals surface area contributed by atoms with Crippen molar-refractivity contribution >= 4 is 44.8 Å². The van der Waals surface area contributed by atoms with Crippen molar-refractivity contribution in [1.29, 1.82) is 0 Å². The summed E-state index contributed by atoms with van der Waals surface area (Å²) in [7, 11) is 0. The molecule has 3 nitrogen and oxygen atoms in total. The van der Waals surface area contributed by atoms with Crippen LogP contribution in [-0.2, 0) is 11.2 Å². The Balaban J connectivity index is 1.68. The molecule has 0 radical (unpaired) electrons. The van der Waals surface area contributed by atoms with Crippen molar-refractivity contribution in [3.8, 4) is 0 Å². The third-order valence-electron chi connectivity index (χ3n) is 3.55. The average Bonchev–Trinajstić information content (AvgIpc) is 2.90. The minimum absolute atomic E-state index is 0.0546. The van der Waals surface area contributed by atoms with Crippen LogP contribution in [0.5, 0.6) is 0 Å². The molecule has 0 saturated heterocycles. The van der Waals surface area contributed by atoms with Crippen LogP contribution in [0.4, 0.5) is 11.4 Å². The third kappa shape index (κ3) is 3.06. The fraction of sp³-hybridized carbons (Fsp3) is 0.188. The first-order valence-electron chi connectivity index (χ1n) is 6.72. The molecule has 0 fully saturated rings. The first kappa shape index (κ1) is 14.4. The molecule has 5 heteroatoms. The Bertz CT molecular complexity index is 690. The van der Waals surface area contributed by atoms with Crippen molar-refractivity contribution < 1.29 is 4.79 Å². The fourth-order valence-corrected chi connectivity index (χ4v) is 3.24. The Labute approximate surface area is 137 Å². The molecule has 1 aliphatic rings. The van der Waals surface area contributed by atoms with E-state index in [-0.39, 0.29) is 12.5 Å². The van der Waals surface area contributed by atoms with E-state index in [1.807, 2.05) is 35.2 Å². The Morgan fingerprint density at radius 2 is 2.10 bits per heavy atom. The number of nitrogens with zero attached hydrogens (tertiary/aromatic N) is 1. The maximum Gasteiger partial charge on any atom is 0.246 e. The summed E-state index contributed by atoms with van der Waals surface area (Å²) in [4.78, 5) is 14.2. The van der Waals surface area contributed by atoms with E-state index in [1.165, 1.54) is 5.56 Å². The van der Waals surface area contributed by atoms with E-state index < -0.39 is 0 Å². The van der Waals surface area contributed by atoms with Crippen LogP contribution in [0.1, 0.15) is 5.56 Å². The van der Waals surface area contributed by atoms with Crippen LogP contribution in [0.2, 0.25) is 5.02 Å². The number of rotatable bonds is 3. The van der Waals surface area contributed by atoms with Crippen molar-refractivity contribution in [2.75, 3.05) is 23.3 Å². The second-order valence-electron chi connectivity index (χ2n) is 4.90. The number of carbonyl (C=O) groups excluding carboxylic acids is 1. The maximum atomic E-state index is 12.4. The van der Waals surface area contributed by atoms with Crippen LogP contribution >= 0.6 is 27.5 Å². The minimum Gasteiger partial charge on any atom is -0.375 e. The van der Waals surface area contributed by atoms with Gasteiger partial charge in [0, 0.05) is 16.7 Å². The number of nitrogens with one attached hydrogen (secondary N) is 1. The van der Waals surface area contributed by atoms with Gasteiger partial charge in [-0.2, -0.15) is 0 Å². The predicted molar refractivity (Wildman–Crippen MR) is 90.1 cm³/mol. The molecule has 2 aromatic rings. The Morgan fingerprint density at radius 1 is 1.29 bits per heavy atom. The number of halogens is 2. The summed E-state index contributed by atoms with van der Waals surface area (Å²) in [6.07, 6.45) is 0.918. The minimum atomic E-state index is 0.0546. The summed E-state index contributed by atoms with van der Waals surface area (Å²) in [6, 6.07) is 13.6. The molecule has 0 unspecified atom stereocenters. The van der Waals surface area contributed by atoms with Gasteiger partial charge in [-0.15, -0.1) is 0 Å². The SMILES string of the molecule is O=C(CNc1ccc(Br)cc1Cl)N1CCc2ccccc21. The van der Waals surface area contributed by atoms with Crippen molar-refractivity contribution in [2.24, 2.45) is 0 Å². The second kappa shape index (κ2) is 6.08. The monoisotopic (exact) mass is 364 g/mol. The molecule has 1 N–H and O–H groups in total. The molecule has 0 bridgehead atoms. The van der Waals surface area contributed by atoms with E-state index in [2.05, 4.69) is 27.3 Å². The summed E-state index contributed by atoms with van der Waals surface area (Å²) < 4.78 is 0.915. The topological polar surface area (TPSA) is 32.3 Å². The Kier molecular flexibility index (Phi) is 4.17. The number of fused-ring (bicyclic) bond motifs is 1. The largest absolute Gasteiger partial charge is 0.375 e. The van der Waals surface area contributed by atoms with Gasteiger partial charge in [-0.25, -0.2) is 0 Å². The highest BCUT2D eigenvalue weighted by atomic mass is 79.9. The Hall–Kier alpha value is -1.52. The molecule has 1 heterocycles. The lowest BCUT2D eigenvalue weighted by Gasteiger charge is -2.18. The molecule has 0 saturated carbocycles. The normalized spacial score (nSPS) is 13.1. The number of hydrogen-bond acceptors (Lipinski definition) is 2. The molecule has 0 aliphatic carbocycles. The number of hydrogen-bond donors (Lipinski definition) is 1. The molecular weight excluding hydrogens is 352 g/mol. The first-order chi connectivity index (χ1) is 10.1. The van der Waals surface area contributed by atoms with E-state index in [9.17, 15) is 4.79 Å². The number of benzene rings is 2. The molecule has 3 rings (SSSR count). The number of para-hydroxylation sites is 1. The lowest BCUT2D eigenvalue weighted by molar-refractivity contribution is -0.116. The molecular formula is C16H14BrClN2O. The third-order valence-corrected chi connectivity index (χ3v) is 4.36. The van der Waals surface area contributed by atoms with E-state index in [1.54, 1.807) is 6.07 Å². The summed E-state index contributed by atoms with van der Waals surface area (Å²) in [5.74, 6) is 0.0546. The van der Waals surface area contributed by atoms with Crippen LogP contribution in [-0.4, -0.2) is 19.0 Å². The summed E-state index contributed by atoms with van der Waals surface area (Å²) in [5, 5.41) is 3.70. The van der Waals surface area contributed by atoms with Crippen molar-refractivity contribution in [3.05, 3.63) is 57.5 Å². The first-order valence-corrected chi connectivity index (χ1v) is 7.89. The summed E-state index contributed by atoms with van der Waals surface area (Å²) in [6.45, 7) is 0.976. The highest BCUT2D eigenvalue weighted by Gasteiger charge is 2.23. The van der Waals surface area contributed by atoms with Crippen LogP contribution in [0, 0.1) is 0 Å². The standard InChI is InChI=1S/C16H14BrClN2O/c17-12-5-6-14(13(18)9-12)19-10-16(21)20-8-7-11-3-1-2-4-15(11)20/h1-6,9,19H,7-8,10H2. The molecule has 108 valence electrons. The van der Waals surface area contributed by atoms with Gasteiger partial charge in [-0.05, 0) is 36.2 Å². The second-order valence-corrected chi connectivity index (χ2v) is 6.22. The molecule has 0 spiro atoms. The molecule has 2 aromatic carbocycles. The van der Waals surface area contributed by atoms with Crippen molar-refractivity contribution in [3.63, 3.8) is 0 Å². The van der Waals surface area contributed by atoms with E-state index >= 15 is 0 Å². The number of anilines is 2. The molecule has 0 atom stereocenters. The molecule has 1 amide bonds. The average molecular weight is 366 g/mol. The van der Waals surface area contributed by atoms with E-state index in [0.717, 1.165) is 28.8 Å². The molecule has 21 heavy (non-hydrogen) atoms. The van der Waals surface area contributed by atoms with Crippen molar-refractivity contribution in [1.82, 2.24) is 0 Å². The van der Waals surface area contributed by atoms with Gasteiger partial charge in [0.05, 0.1) is 17.3 Å². The number of carbonyl (C=O) groups is 1. The lowest BCUT2D eigenvalue weighted by atomic mass is 10.2. The molecule has 1 aliphatic heterocycles. The van der Waals surface area contributed by atoms with Gasteiger partial charge in [0.25, 0.3) is 0 Å². The fourth-order valence-electron chi connectivity index (χ4n) is 2.50. The molecule has 0 aromatic heterocycles. The van der Waals surface area contributed by atoms with E-state index in [0.29, 0.717) is 5.02 Å². The van der Waals surface area contributed by atoms with Crippen LogP contribution in [0.25, 0.3) is 0 Å². The highest BCUT2D eigenvalue weighted by molar-refractivity contribution is 9.10. The zero-order chi connectivity index (χ0) is 14.8. The van der Waals surface area contributed by atoms with Crippen molar-refractivity contribution in [2.45, 2.75) is 6.42 Å². The smallest absolute Gasteiger partial charge is 0.246 e. The number of amides is 1. The van der Waals surface area contributed by atoms with E-state index in [4.69, 9.17) is 11.6 Å². The van der Waals surface area contributed by atoms with Gasteiger partial charge in [0.2, 0.25) is 5.91 Å². The van der Waals surface area contributed by atoms with Gasteiger partial charge in [-0.1, -0.05) is 45.7 Å². The van der Waals surface area contributed by atoms with Gasteiger partial charge in [0.15, 0.2) is 0 Å². The summed E-state index contributed by atoms with van der Waals surface area (Å²) >= 11 is 9.50. The van der Waals surface area contributed by atoms with Crippen LogP contribution in [0.15, 0.2) is 46.9 Å². The zero-order valence-corrected chi connectivity index (χ0v) is 13.6. The van der Waals surface area contributed by atoms with Crippen LogP contribution < -0.4 is 10.2 Å². The Morgan fingerprint density at radius 3 is 2.90 bits per heavy atom. The van der Waals surface area contributed by atoms with Gasteiger partial charge < -0.3 is 10.2 Å². The highest BCUT2D eigenvalue weighted by Crippen LogP contribution is 2.28. The predicted octanol–water partition coefficient (Wildman–Crippen LogP) is 4.10. The van der Waals surface area contributed by atoms with Gasteiger partial charge in [0.1, 0.15) is 0 Å². The maximum absolute atomic E-state index is 12.4. The summed E-state index contributed by atoms with van der Waals surface area (Å²) in [5.41, 5.74) is 3.01. The lowest BCUT2D eigenvalue weighted by Crippen LogP contribution is -2.34. The van der Waals surface area contributed by atoms with Gasteiger partial charge >= 0.3 is 0 Å². The van der Waals surface area contributed by atoms with Gasteiger partial charge in [-0.3, -0.25) is 4.79 Å². The van der Waals surface area contributed by atoms with Crippen LogP contribution in [0.3, 0.4) is 0 Å². The zero-order valence-electron chi connectivity index (χ0n) is 11.3.